The minimum atomic E-state index is -4.39. The molecule has 0 unspecified atom stereocenters. The lowest BCUT2D eigenvalue weighted by molar-refractivity contribution is -0.137. The Hall–Kier alpha value is -3.78. The van der Waals surface area contributed by atoms with E-state index in [0.717, 1.165) is 42.5 Å². The molecule has 4 heterocycles. The van der Waals surface area contributed by atoms with Gasteiger partial charge in [-0.1, -0.05) is 0 Å². The molecule has 2 aromatic heterocycles. The van der Waals surface area contributed by atoms with E-state index in [-0.39, 0.29) is 17.8 Å². The zero-order valence-electron chi connectivity index (χ0n) is 20.9. The van der Waals surface area contributed by atoms with Gasteiger partial charge in [-0.3, -0.25) is 14.4 Å². The molecule has 0 spiro atoms. The number of likely N-dealkylation sites (tertiary alicyclic amines) is 1. The molecule has 1 saturated heterocycles. The van der Waals surface area contributed by atoms with Gasteiger partial charge in [0.2, 0.25) is 16.0 Å². The number of rotatable bonds is 6. The summed E-state index contributed by atoms with van der Waals surface area (Å²) in [5, 5.41) is 2.96. The molecule has 1 fully saturated rings. The Morgan fingerprint density at radius 2 is 1.77 bits per heavy atom. The molecule has 0 atom stereocenters. The lowest BCUT2D eigenvalue weighted by Gasteiger charge is -2.36. The summed E-state index contributed by atoms with van der Waals surface area (Å²) >= 11 is 0. The van der Waals surface area contributed by atoms with Crippen molar-refractivity contribution in [2.45, 2.75) is 38.1 Å². The zero-order chi connectivity index (χ0) is 27.8. The normalized spacial score (nSPS) is 16.7. The van der Waals surface area contributed by atoms with Crippen LogP contribution in [0.2, 0.25) is 0 Å². The predicted molar refractivity (Wildman–Crippen MR) is 138 cm³/mol. The van der Waals surface area contributed by atoms with Crippen molar-refractivity contribution in [3.63, 3.8) is 0 Å². The van der Waals surface area contributed by atoms with Gasteiger partial charge in [-0.05, 0) is 49.2 Å². The maximum atomic E-state index is 13.0. The second-order valence-corrected chi connectivity index (χ2v) is 11.3. The van der Waals surface area contributed by atoms with Crippen LogP contribution >= 0.6 is 0 Å². The summed E-state index contributed by atoms with van der Waals surface area (Å²) in [6, 6.07) is 7.94. The van der Waals surface area contributed by atoms with E-state index in [1.165, 1.54) is 24.4 Å². The van der Waals surface area contributed by atoms with Crippen molar-refractivity contribution in [3.05, 3.63) is 71.2 Å². The van der Waals surface area contributed by atoms with Crippen molar-refractivity contribution in [2.24, 2.45) is 0 Å². The van der Waals surface area contributed by atoms with Crippen LogP contribution in [0.1, 0.15) is 40.0 Å². The Morgan fingerprint density at radius 3 is 2.44 bits per heavy atom. The maximum Gasteiger partial charge on any atom is 0.416 e. The standard InChI is InChI=1S/C25H26F3N7O3S/c1-39(37,38)33-22-12-16(6-9-29-22)23(36)34-10-7-20(8-11-34)35-14-17-13-30-24(32-21(17)15-35)31-19-4-2-18(3-5-19)25(26,27)28/h2-6,9,12-13,20H,7-8,10-11,14-15H2,1H3,(H,29,33)(H,30,31,32). The van der Waals surface area contributed by atoms with E-state index in [1.807, 2.05) is 0 Å². The summed E-state index contributed by atoms with van der Waals surface area (Å²) in [5.74, 6) is 0.237. The molecule has 0 saturated carbocycles. The Balaban J connectivity index is 1.16. The van der Waals surface area contributed by atoms with E-state index >= 15 is 0 Å². The highest BCUT2D eigenvalue weighted by atomic mass is 32.2. The van der Waals surface area contributed by atoms with Gasteiger partial charge in [0.15, 0.2) is 0 Å². The largest absolute Gasteiger partial charge is 0.416 e. The van der Waals surface area contributed by atoms with Gasteiger partial charge >= 0.3 is 6.18 Å². The number of amides is 1. The number of pyridine rings is 1. The molecule has 1 amide bonds. The van der Waals surface area contributed by atoms with Crippen molar-refractivity contribution in [2.75, 3.05) is 29.4 Å². The van der Waals surface area contributed by atoms with Crippen molar-refractivity contribution in [1.82, 2.24) is 24.8 Å². The summed E-state index contributed by atoms with van der Waals surface area (Å²) in [5.41, 5.74) is 1.96. The van der Waals surface area contributed by atoms with Crippen LogP contribution in [0.15, 0.2) is 48.8 Å². The molecule has 14 heteroatoms. The van der Waals surface area contributed by atoms with Crippen LogP contribution in [-0.2, 0) is 29.3 Å². The summed E-state index contributed by atoms with van der Waals surface area (Å²) in [6.45, 7) is 2.40. The van der Waals surface area contributed by atoms with Crippen molar-refractivity contribution in [3.8, 4) is 0 Å². The van der Waals surface area contributed by atoms with E-state index in [1.54, 1.807) is 17.2 Å². The minimum Gasteiger partial charge on any atom is -0.339 e. The number of sulfonamides is 1. The number of carbonyl (C=O) groups excluding carboxylic acids is 1. The topological polar surface area (TPSA) is 120 Å². The zero-order valence-corrected chi connectivity index (χ0v) is 21.8. The molecule has 206 valence electrons. The summed E-state index contributed by atoms with van der Waals surface area (Å²) < 4.78 is 63.6. The van der Waals surface area contributed by atoms with E-state index in [9.17, 15) is 26.4 Å². The van der Waals surface area contributed by atoms with Gasteiger partial charge in [0.25, 0.3) is 5.91 Å². The van der Waals surface area contributed by atoms with Gasteiger partial charge in [-0.25, -0.2) is 23.4 Å². The van der Waals surface area contributed by atoms with E-state index in [0.29, 0.717) is 43.4 Å². The number of hydrogen-bond acceptors (Lipinski definition) is 8. The van der Waals surface area contributed by atoms with Gasteiger partial charge in [-0.15, -0.1) is 0 Å². The number of aromatic nitrogens is 3. The molecule has 0 bridgehead atoms. The average molecular weight is 562 g/mol. The fraction of sp³-hybridized carbons (Fsp3) is 0.360. The lowest BCUT2D eigenvalue weighted by Crippen LogP contribution is -2.45. The van der Waals surface area contributed by atoms with E-state index in [4.69, 9.17) is 0 Å². The van der Waals surface area contributed by atoms with Crippen LogP contribution < -0.4 is 10.0 Å². The smallest absolute Gasteiger partial charge is 0.339 e. The van der Waals surface area contributed by atoms with Crippen LogP contribution in [0.4, 0.5) is 30.6 Å². The molecule has 2 aliphatic heterocycles. The molecular weight excluding hydrogens is 535 g/mol. The Kier molecular flexibility index (Phi) is 7.16. The number of fused-ring (bicyclic) bond motifs is 1. The number of carbonyl (C=O) groups is 1. The average Bonchev–Trinajstić information content (AvgIpc) is 3.31. The van der Waals surface area contributed by atoms with E-state index in [2.05, 4.69) is 29.9 Å². The van der Waals surface area contributed by atoms with Crippen LogP contribution in [0.5, 0.6) is 0 Å². The monoisotopic (exact) mass is 561 g/mol. The van der Waals surface area contributed by atoms with Gasteiger partial charge in [-0.2, -0.15) is 13.2 Å². The molecule has 39 heavy (non-hydrogen) atoms. The molecule has 0 aliphatic carbocycles. The van der Waals surface area contributed by atoms with Gasteiger partial charge in [0.05, 0.1) is 17.5 Å². The number of halogens is 3. The highest BCUT2D eigenvalue weighted by Crippen LogP contribution is 2.31. The number of nitrogens with one attached hydrogen (secondary N) is 2. The van der Waals surface area contributed by atoms with Crippen LogP contribution in [0.25, 0.3) is 0 Å². The third-order valence-electron chi connectivity index (χ3n) is 6.71. The Bertz CT molecular complexity index is 1470. The first-order chi connectivity index (χ1) is 18.4. The van der Waals surface area contributed by atoms with Crippen molar-refractivity contribution >= 4 is 33.4 Å². The second kappa shape index (κ2) is 10.4. The summed E-state index contributed by atoms with van der Waals surface area (Å²) in [4.78, 5) is 29.9. The molecule has 10 nitrogen and oxygen atoms in total. The van der Waals surface area contributed by atoms with Gasteiger partial charge in [0.1, 0.15) is 5.82 Å². The fourth-order valence-corrected chi connectivity index (χ4v) is 5.29. The highest BCUT2D eigenvalue weighted by Gasteiger charge is 2.32. The van der Waals surface area contributed by atoms with Crippen molar-refractivity contribution in [1.29, 1.82) is 0 Å². The van der Waals surface area contributed by atoms with Crippen LogP contribution in [0.3, 0.4) is 0 Å². The quantitative estimate of drug-likeness (QED) is 0.468. The van der Waals surface area contributed by atoms with E-state index < -0.39 is 21.8 Å². The van der Waals surface area contributed by atoms with Gasteiger partial charge in [0, 0.05) is 61.4 Å². The fourth-order valence-electron chi connectivity index (χ4n) is 4.79. The summed E-state index contributed by atoms with van der Waals surface area (Å²) in [6.07, 6.45) is 1.30. The van der Waals surface area contributed by atoms with Gasteiger partial charge < -0.3 is 10.2 Å². The SMILES string of the molecule is CS(=O)(=O)Nc1cc(C(=O)N2CCC(N3Cc4cnc(Nc5ccc(C(F)(F)F)cc5)nc4C3)CC2)ccn1. The first-order valence-electron chi connectivity index (χ1n) is 12.2. The molecule has 1 aromatic carbocycles. The number of hydrogen-bond donors (Lipinski definition) is 2. The maximum absolute atomic E-state index is 13.0. The number of benzene rings is 1. The first-order valence-corrected chi connectivity index (χ1v) is 14.1. The van der Waals surface area contributed by atoms with Crippen LogP contribution in [0, 0.1) is 0 Å². The predicted octanol–water partition coefficient (Wildman–Crippen LogP) is 3.63. The molecular formula is C25H26F3N7O3S. The first kappa shape index (κ1) is 26.8. The number of piperidine rings is 1. The Labute approximate surface area is 223 Å². The lowest BCUT2D eigenvalue weighted by atomic mass is 10.0. The molecule has 3 aromatic rings. The number of nitrogens with zero attached hydrogens (tertiary/aromatic N) is 5. The molecule has 5 rings (SSSR count). The third-order valence-corrected chi connectivity index (χ3v) is 7.29. The van der Waals surface area contributed by atoms with Crippen LogP contribution in [-0.4, -0.2) is 64.5 Å². The molecule has 0 radical (unpaired) electrons. The molecule has 2 N–H and O–H groups in total. The number of alkyl halides is 3. The minimum absolute atomic E-state index is 0.0985. The number of anilines is 3. The summed E-state index contributed by atoms with van der Waals surface area (Å²) in [7, 11) is -3.50. The third kappa shape index (κ3) is 6.45. The Morgan fingerprint density at radius 1 is 1.05 bits per heavy atom. The van der Waals surface area contributed by atoms with Crippen molar-refractivity contribution < 1.29 is 26.4 Å². The molecule has 2 aliphatic rings. The highest BCUT2D eigenvalue weighted by molar-refractivity contribution is 7.92. The second-order valence-electron chi connectivity index (χ2n) is 9.60.